The van der Waals surface area contributed by atoms with Gasteiger partial charge in [-0.05, 0) is 25.3 Å². The Balaban J connectivity index is 2.11. The predicted molar refractivity (Wildman–Crippen MR) is 87.0 cm³/mol. The molecule has 0 saturated carbocycles. The van der Waals surface area contributed by atoms with Crippen molar-refractivity contribution in [3.8, 4) is 0 Å². The standard InChI is InChI=1S/C16H21ClN2O4/c1-2-23-16(20)19(14-7-9-22-10-8-14)11-12-3-5-13(6-4-12)15(17)18-21/h3-6,14,21H,2,7-11H2,1H3/b18-15-. The van der Waals surface area contributed by atoms with E-state index in [2.05, 4.69) is 5.16 Å². The molecule has 1 aromatic rings. The average Bonchev–Trinajstić information content (AvgIpc) is 2.60. The molecular formula is C16H21ClN2O4. The molecule has 1 saturated heterocycles. The molecule has 0 aliphatic carbocycles. The van der Waals surface area contributed by atoms with E-state index in [0.29, 0.717) is 31.9 Å². The second-order valence-corrected chi connectivity index (χ2v) is 5.62. The fourth-order valence-electron chi connectivity index (χ4n) is 2.55. The van der Waals surface area contributed by atoms with Crippen molar-refractivity contribution in [3.63, 3.8) is 0 Å². The number of hydrogen-bond acceptors (Lipinski definition) is 5. The van der Waals surface area contributed by atoms with Crippen molar-refractivity contribution in [1.82, 2.24) is 4.90 Å². The van der Waals surface area contributed by atoms with Crippen LogP contribution in [0.4, 0.5) is 4.79 Å². The Morgan fingerprint density at radius 3 is 2.61 bits per heavy atom. The van der Waals surface area contributed by atoms with Crippen molar-refractivity contribution in [1.29, 1.82) is 0 Å². The molecule has 0 radical (unpaired) electrons. The molecular weight excluding hydrogens is 320 g/mol. The molecule has 0 aromatic heterocycles. The second-order valence-electron chi connectivity index (χ2n) is 5.26. The van der Waals surface area contributed by atoms with Crippen molar-refractivity contribution >= 4 is 22.9 Å². The highest BCUT2D eigenvalue weighted by atomic mass is 35.5. The van der Waals surface area contributed by atoms with Crippen LogP contribution in [0.3, 0.4) is 0 Å². The summed E-state index contributed by atoms with van der Waals surface area (Å²) < 4.78 is 10.5. The molecule has 0 unspecified atom stereocenters. The first kappa shape index (κ1) is 17.6. The maximum absolute atomic E-state index is 12.3. The maximum Gasteiger partial charge on any atom is 0.410 e. The lowest BCUT2D eigenvalue weighted by Crippen LogP contribution is -2.43. The summed E-state index contributed by atoms with van der Waals surface area (Å²) >= 11 is 5.76. The maximum atomic E-state index is 12.3. The molecule has 126 valence electrons. The number of nitrogens with zero attached hydrogens (tertiary/aromatic N) is 2. The van der Waals surface area contributed by atoms with Gasteiger partial charge in [0.05, 0.1) is 6.61 Å². The molecule has 1 fully saturated rings. The first-order chi connectivity index (χ1) is 11.2. The quantitative estimate of drug-likeness (QED) is 0.507. The second kappa shape index (κ2) is 8.74. The SMILES string of the molecule is CCOC(=O)N(Cc1ccc(/C(Cl)=N/O)cc1)C1CCOCC1. The van der Waals surface area contributed by atoms with E-state index in [-0.39, 0.29) is 17.3 Å². The molecule has 1 amide bonds. The van der Waals surface area contributed by atoms with Crippen LogP contribution in [0.2, 0.25) is 0 Å². The van der Waals surface area contributed by atoms with Crippen molar-refractivity contribution in [2.24, 2.45) is 5.16 Å². The van der Waals surface area contributed by atoms with Gasteiger partial charge in [0, 0.05) is 31.4 Å². The third-order valence-corrected chi connectivity index (χ3v) is 4.06. The lowest BCUT2D eigenvalue weighted by Gasteiger charge is -2.33. The topological polar surface area (TPSA) is 71.4 Å². The zero-order valence-corrected chi connectivity index (χ0v) is 13.8. The van der Waals surface area contributed by atoms with Crippen LogP contribution in [-0.2, 0) is 16.0 Å². The highest BCUT2D eigenvalue weighted by Crippen LogP contribution is 2.19. The summed E-state index contributed by atoms with van der Waals surface area (Å²) in [6, 6.07) is 7.34. The summed E-state index contributed by atoms with van der Waals surface area (Å²) in [5, 5.41) is 11.7. The van der Waals surface area contributed by atoms with E-state index >= 15 is 0 Å². The normalized spacial score (nSPS) is 16.2. The summed E-state index contributed by atoms with van der Waals surface area (Å²) in [5.41, 5.74) is 1.57. The molecule has 1 aliphatic heterocycles. The molecule has 0 bridgehead atoms. The van der Waals surface area contributed by atoms with Crippen LogP contribution in [-0.4, -0.2) is 47.2 Å². The Bertz CT molecular complexity index is 542. The van der Waals surface area contributed by atoms with E-state index in [0.717, 1.165) is 18.4 Å². The van der Waals surface area contributed by atoms with Gasteiger partial charge in [0.2, 0.25) is 0 Å². The van der Waals surface area contributed by atoms with Gasteiger partial charge in [0.1, 0.15) is 0 Å². The van der Waals surface area contributed by atoms with Gasteiger partial charge < -0.3 is 19.6 Å². The van der Waals surface area contributed by atoms with Crippen LogP contribution in [0.15, 0.2) is 29.4 Å². The number of amides is 1. The number of benzene rings is 1. The number of ether oxygens (including phenoxy) is 2. The van der Waals surface area contributed by atoms with Gasteiger partial charge in [-0.25, -0.2) is 4.79 Å². The molecule has 2 rings (SSSR count). The summed E-state index contributed by atoms with van der Waals surface area (Å²) in [4.78, 5) is 14.0. The van der Waals surface area contributed by atoms with Gasteiger partial charge in [-0.3, -0.25) is 0 Å². The monoisotopic (exact) mass is 340 g/mol. The van der Waals surface area contributed by atoms with E-state index < -0.39 is 0 Å². The number of oxime groups is 1. The fourth-order valence-corrected chi connectivity index (χ4v) is 2.67. The third-order valence-electron chi connectivity index (χ3n) is 3.77. The van der Waals surface area contributed by atoms with Crippen LogP contribution in [0.5, 0.6) is 0 Å². The summed E-state index contributed by atoms with van der Waals surface area (Å²) in [6.07, 6.45) is 1.30. The lowest BCUT2D eigenvalue weighted by atomic mass is 10.1. The first-order valence-electron chi connectivity index (χ1n) is 7.63. The fraction of sp³-hybridized carbons (Fsp3) is 0.500. The van der Waals surface area contributed by atoms with E-state index in [1.807, 2.05) is 12.1 Å². The molecule has 0 spiro atoms. The summed E-state index contributed by atoms with van der Waals surface area (Å²) in [6.45, 7) is 3.91. The number of carbonyl (C=O) groups is 1. The Morgan fingerprint density at radius 2 is 2.04 bits per heavy atom. The van der Waals surface area contributed by atoms with E-state index in [9.17, 15) is 4.79 Å². The van der Waals surface area contributed by atoms with Gasteiger partial charge in [-0.2, -0.15) is 0 Å². The Kier molecular flexibility index (Phi) is 6.67. The minimum atomic E-state index is -0.307. The lowest BCUT2D eigenvalue weighted by molar-refractivity contribution is 0.0245. The van der Waals surface area contributed by atoms with E-state index in [1.165, 1.54) is 0 Å². The zero-order valence-electron chi connectivity index (χ0n) is 13.1. The minimum Gasteiger partial charge on any atom is -0.450 e. The van der Waals surface area contributed by atoms with Gasteiger partial charge in [-0.15, -0.1) is 0 Å². The average molecular weight is 341 g/mol. The predicted octanol–water partition coefficient (Wildman–Crippen LogP) is 3.20. The highest BCUT2D eigenvalue weighted by Gasteiger charge is 2.26. The van der Waals surface area contributed by atoms with Crippen LogP contribution < -0.4 is 0 Å². The van der Waals surface area contributed by atoms with Gasteiger partial charge in [0.25, 0.3) is 0 Å². The first-order valence-corrected chi connectivity index (χ1v) is 8.01. The smallest absolute Gasteiger partial charge is 0.410 e. The largest absolute Gasteiger partial charge is 0.450 e. The number of halogens is 1. The Morgan fingerprint density at radius 1 is 1.39 bits per heavy atom. The number of hydrogen-bond donors (Lipinski definition) is 1. The van der Waals surface area contributed by atoms with Crippen LogP contribution in [0.1, 0.15) is 30.9 Å². The summed E-state index contributed by atoms with van der Waals surface area (Å²) in [5.74, 6) is 0. The van der Waals surface area contributed by atoms with Crippen molar-refractivity contribution < 1.29 is 19.5 Å². The molecule has 0 atom stereocenters. The molecule has 1 aliphatic rings. The zero-order chi connectivity index (χ0) is 16.7. The van der Waals surface area contributed by atoms with Gasteiger partial charge in [-0.1, -0.05) is 41.0 Å². The van der Waals surface area contributed by atoms with Gasteiger partial charge in [0.15, 0.2) is 5.17 Å². The van der Waals surface area contributed by atoms with Crippen molar-refractivity contribution in [2.45, 2.75) is 32.4 Å². The summed E-state index contributed by atoms with van der Waals surface area (Å²) in [7, 11) is 0. The van der Waals surface area contributed by atoms with Crippen molar-refractivity contribution in [3.05, 3.63) is 35.4 Å². The van der Waals surface area contributed by atoms with Crippen molar-refractivity contribution in [2.75, 3.05) is 19.8 Å². The van der Waals surface area contributed by atoms with Crippen LogP contribution in [0, 0.1) is 0 Å². The highest BCUT2D eigenvalue weighted by molar-refractivity contribution is 6.69. The Hall–Kier alpha value is -1.79. The number of carbonyl (C=O) groups excluding carboxylic acids is 1. The molecule has 7 heteroatoms. The van der Waals surface area contributed by atoms with Crippen LogP contribution in [0.25, 0.3) is 0 Å². The molecule has 6 nitrogen and oxygen atoms in total. The van der Waals surface area contributed by atoms with E-state index in [4.69, 9.17) is 26.3 Å². The number of rotatable bonds is 5. The minimum absolute atomic E-state index is 0.0308. The molecule has 1 aromatic carbocycles. The van der Waals surface area contributed by atoms with Crippen LogP contribution >= 0.6 is 11.6 Å². The third kappa shape index (κ3) is 4.84. The molecule has 1 N–H and O–H groups in total. The van der Waals surface area contributed by atoms with Gasteiger partial charge >= 0.3 is 6.09 Å². The van der Waals surface area contributed by atoms with E-state index in [1.54, 1.807) is 24.0 Å². The molecule has 1 heterocycles. The Labute approximate surface area is 140 Å². The molecule has 23 heavy (non-hydrogen) atoms.